The smallest absolute Gasteiger partial charge is 0.0533 e. The van der Waals surface area contributed by atoms with E-state index in [1.807, 2.05) is 0 Å². The largest absolute Gasteiger partial charge is 0.0533 e. The molecule has 1 fully saturated rings. The van der Waals surface area contributed by atoms with Crippen LogP contribution in [0.1, 0.15) is 53.3 Å². The van der Waals surface area contributed by atoms with Crippen LogP contribution in [-0.2, 0) is 23.2 Å². The van der Waals surface area contributed by atoms with E-state index in [1.54, 1.807) is 14.4 Å². The molecule has 3 aliphatic carbocycles. The van der Waals surface area contributed by atoms with E-state index in [9.17, 15) is 0 Å². The summed E-state index contributed by atoms with van der Waals surface area (Å²) in [4.78, 5) is 0. The molecule has 0 aromatic heterocycles. The fraction of sp³-hybridized carbons (Fsp3) is 0.304. The third kappa shape index (κ3) is 3.43. The molecule has 3 aliphatic rings. The van der Waals surface area contributed by atoms with Crippen molar-refractivity contribution in [3.8, 4) is 11.1 Å². The molecule has 24 heavy (non-hydrogen) atoms. The van der Waals surface area contributed by atoms with E-state index in [2.05, 4.69) is 66.8 Å². The first-order valence-electron chi connectivity index (χ1n) is 9.24. The van der Waals surface area contributed by atoms with Crippen LogP contribution in [-0.4, -0.2) is 0 Å². The quantitative estimate of drug-likeness (QED) is 0.539. The minimum atomic E-state index is -0.570. The average molecular weight is 392 g/mol. The van der Waals surface area contributed by atoms with Gasteiger partial charge in [0.25, 0.3) is 0 Å². The van der Waals surface area contributed by atoms with E-state index >= 15 is 0 Å². The van der Waals surface area contributed by atoms with Crippen LogP contribution in [0.5, 0.6) is 0 Å². The van der Waals surface area contributed by atoms with Crippen molar-refractivity contribution in [2.75, 3.05) is 0 Å². The normalized spacial score (nSPS) is 17.8. The predicted octanol–water partition coefficient (Wildman–Crippen LogP) is 6.63. The van der Waals surface area contributed by atoms with Crippen LogP contribution in [0.4, 0.5) is 0 Å². The molecule has 2 aromatic rings. The van der Waals surface area contributed by atoms with Crippen LogP contribution in [0, 0.1) is 0 Å². The molecule has 120 valence electrons. The Morgan fingerprint density at radius 3 is 1.75 bits per heavy atom. The zero-order valence-electron chi connectivity index (χ0n) is 14.2. The van der Waals surface area contributed by atoms with Gasteiger partial charge in [-0.25, -0.2) is 0 Å². The maximum absolute atomic E-state index is 2.36. The zero-order valence-corrected chi connectivity index (χ0v) is 16.6. The van der Waals surface area contributed by atoms with Gasteiger partial charge in [0.2, 0.25) is 0 Å². The summed E-state index contributed by atoms with van der Waals surface area (Å²) in [5, 5.41) is 0. The summed E-state index contributed by atoms with van der Waals surface area (Å²) in [5.41, 5.74) is 6.08. The van der Waals surface area contributed by atoms with Crippen LogP contribution >= 0.6 is 0 Å². The number of rotatable bonds is 2. The standard InChI is InChI=1S/C13H9.C5H10.C5H5.Zr/c1-3-7-12-10(5-1)9-11-6-2-4-8-13(11)12;2*1-2-4-5-3-1;/h1-9H;1-5H2;1-3H,4H2;. The maximum Gasteiger partial charge on any atom is -0.0533 e. The van der Waals surface area contributed by atoms with Crippen LogP contribution in [0.25, 0.3) is 11.1 Å². The SMILES string of the molecule is C1=CC[C]([Zr][CH]2c3ccccc3-c3ccccc32)=C1.C1CCCC1. The molecule has 1 saturated carbocycles. The molecule has 0 aliphatic heterocycles. The van der Waals surface area contributed by atoms with Crippen molar-refractivity contribution in [3.05, 3.63) is 81.2 Å². The Labute approximate surface area is 157 Å². The van der Waals surface area contributed by atoms with Gasteiger partial charge in [0.1, 0.15) is 0 Å². The molecule has 0 unspecified atom stereocenters. The Bertz CT molecular complexity index is 712. The van der Waals surface area contributed by atoms with Crippen molar-refractivity contribution in [1.29, 1.82) is 0 Å². The van der Waals surface area contributed by atoms with Crippen LogP contribution < -0.4 is 0 Å². The molecular weight excluding hydrogens is 367 g/mol. The molecule has 0 bridgehead atoms. The maximum atomic E-state index is 2.36. The van der Waals surface area contributed by atoms with Crippen molar-refractivity contribution in [2.24, 2.45) is 0 Å². The van der Waals surface area contributed by atoms with Gasteiger partial charge >= 0.3 is 126 Å². The monoisotopic (exact) mass is 390 g/mol. The third-order valence-electron chi connectivity index (χ3n) is 5.18. The van der Waals surface area contributed by atoms with Crippen molar-refractivity contribution >= 4 is 0 Å². The predicted molar refractivity (Wildman–Crippen MR) is 98.6 cm³/mol. The van der Waals surface area contributed by atoms with Crippen molar-refractivity contribution < 1.29 is 23.2 Å². The summed E-state index contributed by atoms with van der Waals surface area (Å²) in [6, 6.07) is 18.0. The number of fused-ring (bicyclic) bond motifs is 3. The fourth-order valence-corrected chi connectivity index (χ4v) is 7.90. The van der Waals surface area contributed by atoms with E-state index in [1.165, 1.54) is 49.7 Å². The molecule has 0 heterocycles. The van der Waals surface area contributed by atoms with E-state index in [0.717, 1.165) is 0 Å². The Hall–Kier alpha value is -1.20. The van der Waals surface area contributed by atoms with Crippen molar-refractivity contribution in [2.45, 2.75) is 42.2 Å². The van der Waals surface area contributed by atoms with E-state index in [-0.39, 0.29) is 0 Å². The Morgan fingerprint density at radius 1 is 0.708 bits per heavy atom. The molecule has 0 N–H and O–H groups in total. The van der Waals surface area contributed by atoms with Crippen LogP contribution in [0.15, 0.2) is 70.0 Å². The van der Waals surface area contributed by atoms with E-state index in [0.29, 0.717) is 3.63 Å². The van der Waals surface area contributed by atoms with E-state index in [4.69, 9.17) is 0 Å². The van der Waals surface area contributed by atoms with Gasteiger partial charge < -0.3 is 0 Å². The Kier molecular flexibility index (Phi) is 5.28. The second kappa shape index (κ2) is 7.79. The van der Waals surface area contributed by atoms with Crippen molar-refractivity contribution in [1.82, 2.24) is 0 Å². The first-order valence-corrected chi connectivity index (χ1v) is 11.9. The van der Waals surface area contributed by atoms with Gasteiger partial charge in [-0.1, -0.05) is 32.1 Å². The van der Waals surface area contributed by atoms with Gasteiger partial charge in [-0.15, -0.1) is 0 Å². The summed E-state index contributed by atoms with van der Waals surface area (Å²) in [5.74, 6) is 0. The summed E-state index contributed by atoms with van der Waals surface area (Å²) >= 11 is -0.570. The Balaban J connectivity index is 0.000000252. The molecule has 5 rings (SSSR count). The first-order chi connectivity index (χ1) is 11.9. The summed E-state index contributed by atoms with van der Waals surface area (Å²) in [6.45, 7) is 0. The zero-order chi connectivity index (χ0) is 16.2. The Morgan fingerprint density at radius 2 is 1.25 bits per heavy atom. The summed E-state index contributed by atoms with van der Waals surface area (Å²) < 4.78 is 2.43. The van der Waals surface area contributed by atoms with Gasteiger partial charge in [-0.05, 0) is 0 Å². The second-order valence-electron chi connectivity index (χ2n) is 6.84. The molecule has 0 amide bonds. The number of allylic oxidation sites excluding steroid dienone is 4. The third-order valence-corrected chi connectivity index (χ3v) is 9.25. The fourth-order valence-electron chi connectivity index (χ4n) is 3.93. The number of benzene rings is 2. The summed E-state index contributed by atoms with van der Waals surface area (Å²) in [6.07, 6.45) is 15.6. The summed E-state index contributed by atoms with van der Waals surface area (Å²) in [7, 11) is 0. The molecule has 0 atom stereocenters. The van der Waals surface area contributed by atoms with Gasteiger partial charge in [0, 0.05) is 0 Å². The molecule has 1 heteroatoms. The molecular formula is C23H24Zr. The molecule has 0 radical (unpaired) electrons. The number of hydrogen-bond acceptors (Lipinski definition) is 0. The van der Waals surface area contributed by atoms with Gasteiger partial charge in [-0.2, -0.15) is 0 Å². The van der Waals surface area contributed by atoms with Gasteiger partial charge in [-0.3, -0.25) is 0 Å². The van der Waals surface area contributed by atoms with Gasteiger partial charge in [0.05, 0.1) is 0 Å². The van der Waals surface area contributed by atoms with Crippen LogP contribution in [0.3, 0.4) is 0 Å². The first kappa shape index (κ1) is 16.3. The molecule has 0 spiro atoms. The topological polar surface area (TPSA) is 0 Å². The molecule has 2 aromatic carbocycles. The second-order valence-corrected chi connectivity index (χ2v) is 10.6. The minimum Gasteiger partial charge on any atom is -0.0533 e. The molecule has 0 saturated heterocycles. The van der Waals surface area contributed by atoms with Crippen molar-refractivity contribution in [3.63, 3.8) is 0 Å². The minimum absolute atomic E-state index is 0.570. The average Bonchev–Trinajstić information content (AvgIpc) is 3.39. The number of hydrogen-bond donors (Lipinski definition) is 0. The molecule has 0 nitrogen and oxygen atoms in total. The van der Waals surface area contributed by atoms with Gasteiger partial charge in [0.15, 0.2) is 0 Å². The van der Waals surface area contributed by atoms with E-state index < -0.39 is 23.2 Å². The van der Waals surface area contributed by atoms with Crippen LogP contribution in [0.2, 0.25) is 0 Å².